The second kappa shape index (κ2) is 42.4. The fourth-order valence-corrected chi connectivity index (χ4v) is 13.5. The van der Waals surface area contributed by atoms with Gasteiger partial charge in [-0.1, -0.05) is 94.4 Å². The zero-order valence-corrected chi connectivity index (χ0v) is 61.8. The zero-order valence-electron chi connectivity index (χ0n) is 56.2. The SMILES string of the molecule is C[C@@H](O)[C@H](NC(=O)[C@@H]1CSSC[C@H](NC(=O)[C@@H](Cc2ccccc2)NC(=O)CN2CCN(CC(N)=O)CCN(CC(N)=O)CCN(CC(N)=O)CC2)C(=O)N[C@@H](Cc2ccc([O-])cc2)C(=O)N[C@H](Cc2c[nH]c3ccccc23)C(=O)N[C@@H](CCCCN)C(=O)N[C@@H]([C@@H](C)O)C(=O)N1)C(=O)[O-].[203Pb+2]. The van der Waals surface area contributed by atoms with Crippen molar-refractivity contribution in [2.45, 2.75) is 113 Å². The molecule has 36 heteroatoms. The Morgan fingerprint density at radius 3 is 1.66 bits per heavy atom. The van der Waals surface area contributed by atoms with Crippen molar-refractivity contribution in [3.05, 3.63) is 102 Å². The summed E-state index contributed by atoms with van der Waals surface area (Å²) in [6.45, 7) is 3.34. The number of nitrogens with one attached hydrogen (secondary N) is 9. The van der Waals surface area contributed by atoms with Crippen LogP contribution in [0.1, 0.15) is 49.8 Å². The summed E-state index contributed by atoms with van der Waals surface area (Å²) < 4.78 is 0. The molecule has 0 saturated carbocycles. The monoisotopic (exact) mass is 1630 g/mol. The van der Waals surface area contributed by atoms with E-state index in [0.29, 0.717) is 34.0 Å². The molecule has 2 saturated heterocycles. The van der Waals surface area contributed by atoms with E-state index in [9.17, 15) is 63.6 Å². The van der Waals surface area contributed by atoms with E-state index in [2.05, 4.69) is 47.5 Å². The number of primary amides is 3. The number of benzene rings is 3. The van der Waals surface area contributed by atoms with Crippen LogP contribution < -0.4 is 75.7 Å². The van der Waals surface area contributed by atoms with Gasteiger partial charge in [0.2, 0.25) is 65.0 Å². The van der Waals surface area contributed by atoms with Crippen molar-refractivity contribution in [2.75, 3.05) is 96.6 Å². The van der Waals surface area contributed by atoms with E-state index >= 15 is 14.4 Å². The second-order valence-corrected chi connectivity index (χ2v) is 27.2. The molecule has 2 aliphatic rings. The molecular weight excluding hydrogens is 1540 g/mol. The van der Waals surface area contributed by atoms with Crippen LogP contribution in [0.25, 0.3) is 10.9 Å². The number of aliphatic hydroxyl groups is 2. The summed E-state index contributed by atoms with van der Waals surface area (Å²) in [6, 6.07) is 7.62. The van der Waals surface area contributed by atoms with Gasteiger partial charge in [-0.3, -0.25) is 72.3 Å². The fourth-order valence-electron chi connectivity index (χ4n) is 11.2. The van der Waals surface area contributed by atoms with Gasteiger partial charge in [0.15, 0.2) is 0 Å². The summed E-state index contributed by atoms with van der Waals surface area (Å²) in [6.07, 6.45) is -1.97. The molecule has 33 nitrogen and oxygen atoms in total. The van der Waals surface area contributed by atoms with Gasteiger partial charge in [-0.05, 0) is 62.4 Å². The number of hydrogen-bond acceptors (Lipinski definition) is 23. The molecule has 0 bridgehead atoms. The van der Waals surface area contributed by atoms with Gasteiger partial charge in [0.05, 0.1) is 50.4 Å². The van der Waals surface area contributed by atoms with E-state index in [4.69, 9.17) is 22.9 Å². The van der Waals surface area contributed by atoms with Crippen LogP contribution in [0, 0.1) is 0 Å². The summed E-state index contributed by atoms with van der Waals surface area (Å²) >= 11 is 0. The van der Waals surface area contributed by atoms with Crippen molar-refractivity contribution >= 4 is 131 Å². The van der Waals surface area contributed by atoms with Crippen molar-refractivity contribution in [1.29, 1.82) is 0 Å². The van der Waals surface area contributed by atoms with Crippen LogP contribution in [0.2, 0.25) is 0 Å². The first-order valence-corrected chi connectivity index (χ1v) is 35.2. The van der Waals surface area contributed by atoms with Gasteiger partial charge in [-0.2, -0.15) is 0 Å². The van der Waals surface area contributed by atoms with E-state index in [0.717, 1.165) is 35.4 Å². The van der Waals surface area contributed by atoms with Gasteiger partial charge in [-0.15, -0.1) is 5.75 Å². The molecule has 0 unspecified atom stereocenters. The number of rotatable bonds is 26. The number of carboxylic acids is 1. The van der Waals surface area contributed by atoms with Gasteiger partial charge in [0.25, 0.3) is 0 Å². The largest absolute Gasteiger partial charge is 2.00 e. The van der Waals surface area contributed by atoms with E-state index in [1.807, 2.05) is 0 Å². The maximum absolute atomic E-state index is 15.3. The van der Waals surface area contributed by atoms with Gasteiger partial charge >= 0.3 is 27.3 Å². The number of aliphatic hydroxyl groups excluding tert-OH is 2. The van der Waals surface area contributed by atoms with Crippen molar-refractivity contribution in [3.63, 3.8) is 0 Å². The van der Waals surface area contributed by atoms with Crippen molar-refractivity contribution in [2.24, 2.45) is 22.9 Å². The predicted molar refractivity (Wildman–Crippen MR) is 372 cm³/mol. The summed E-state index contributed by atoms with van der Waals surface area (Å²) in [5.41, 5.74) is 24.8. The predicted octanol–water partition coefficient (Wildman–Crippen LogP) is -7.52. The van der Waals surface area contributed by atoms with Gasteiger partial charge < -0.3 is 95.7 Å². The van der Waals surface area contributed by atoms with E-state index in [1.54, 1.807) is 80.4 Å². The number of carboxylic acid groups (broad SMARTS) is 1. The summed E-state index contributed by atoms with van der Waals surface area (Å²) in [7, 11) is 1.66. The first kappa shape index (κ1) is 83.6. The van der Waals surface area contributed by atoms with Crippen LogP contribution in [0.15, 0.2) is 85.1 Å². The number of aliphatic carboxylic acids is 1. The molecule has 3 aromatic carbocycles. The molecule has 6 rings (SSSR count). The Hall–Kier alpha value is -8.02. The van der Waals surface area contributed by atoms with Crippen LogP contribution in [-0.4, -0.2) is 290 Å². The maximum Gasteiger partial charge on any atom is 2.00 e. The average molecular weight is 1630 g/mol. The molecule has 2 fully saturated rings. The zero-order chi connectivity index (χ0) is 73.0. The molecule has 19 N–H and O–H groups in total. The third-order valence-electron chi connectivity index (χ3n) is 16.6. The number of hydrogen-bond donors (Lipinski definition) is 15. The number of H-pyrrole nitrogens is 1. The number of aromatic nitrogens is 1. The van der Waals surface area contributed by atoms with E-state index < -0.39 is 143 Å². The Bertz CT molecular complexity index is 3420. The fraction of sp³-hybridized carbons (Fsp3) is 0.508. The van der Waals surface area contributed by atoms with Crippen LogP contribution in [-0.2, 0) is 76.8 Å². The summed E-state index contributed by atoms with van der Waals surface area (Å²) in [4.78, 5) is 177. The number of nitrogens with two attached hydrogens (primary N) is 4. The van der Waals surface area contributed by atoms with Crippen molar-refractivity contribution in [3.8, 4) is 5.75 Å². The molecule has 2 aliphatic heterocycles. The average Bonchev–Trinajstić information content (AvgIpc) is 1.75. The molecular formula is C65H91N17O16PbS2. The number of amides is 11. The van der Waals surface area contributed by atoms with Crippen molar-refractivity contribution < 1.29 is 78.0 Å². The molecule has 11 amide bonds. The van der Waals surface area contributed by atoms with E-state index in [-0.39, 0.29) is 150 Å². The number of unbranched alkanes of at least 4 members (excludes halogenated alkanes) is 1. The Labute approximate surface area is 612 Å². The minimum atomic E-state index is -2.01. The Morgan fingerprint density at radius 1 is 0.604 bits per heavy atom. The Morgan fingerprint density at radius 2 is 1.12 bits per heavy atom. The second-order valence-electron chi connectivity index (χ2n) is 24.7. The minimum absolute atomic E-state index is 0. The molecule has 1 aromatic heterocycles. The first-order valence-electron chi connectivity index (χ1n) is 32.7. The van der Waals surface area contributed by atoms with Crippen LogP contribution >= 0.6 is 21.6 Å². The molecule has 0 spiro atoms. The molecule has 548 valence electrons. The van der Waals surface area contributed by atoms with Crippen LogP contribution in [0.5, 0.6) is 5.75 Å². The van der Waals surface area contributed by atoms with Gasteiger partial charge in [0, 0.05) is 100 Å². The minimum Gasteiger partial charge on any atom is -0.872 e. The summed E-state index contributed by atoms with van der Waals surface area (Å²) in [5.74, 6) is -12.8. The van der Waals surface area contributed by atoms with E-state index in [1.165, 1.54) is 24.3 Å². The normalized spacial score (nSPS) is 21.7. The number of nitrogens with zero attached hydrogens (tertiary/aromatic N) is 4. The number of carbonyl (C=O) groups excluding carboxylic acids is 12. The molecule has 2 radical (unpaired) electrons. The number of aromatic amines is 1. The molecule has 10 atom stereocenters. The topological polar surface area (TPSA) is 520 Å². The first-order chi connectivity index (χ1) is 47.7. The van der Waals surface area contributed by atoms with Crippen molar-refractivity contribution in [1.82, 2.24) is 67.1 Å². The van der Waals surface area contributed by atoms with Crippen LogP contribution in [0.3, 0.4) is 0 Å². The third kappa shape index (κ3) is 28.4. The molecule has 3 heterocycles. The van der Waals surface area contributed by atoms with Gasteiger partial charge in [0.1, 0.15) is 42.3 Å². The quantitative estimate of drug-likeness (QED) is 0.0158. The number of fused-ring (bicyclic) bond motifs is 1. The van der Waals surface area contributed by atoms with Gasteiger partial charge in [-0.25, -0.2) is 0 Å². The third-order valence-corrected chi connectivity index (χ3v) is 19.0. The molecule has 4 aromatic rings. The molecule has 0 aliphatic carbocycles. The smallest absolute Gasteiger partial charge is 0.872 e. The Kier molecular flexibility index (Phi) is 35.1. The van der Waals surface area contributed by atoms with Crippen LogP contribution in [0.4, 0.5) is 0 Å². The Balaban J connectivity index is 0.0000184. The summed E-state index contributed by atoms with van der Waals surface area (Å²) in [5, 5.41) is 67.4. The maximum atomic E-state index is 15.3. The molecule has 101 heavy (non-hydrogen) atoms. The number of carbonyl (C=O) groups is 12. The standard InChI is InChI=1S/C65H93N17O16S2.Pb/c1-38(83)56-64(96)76-51(63(95)78-57(39(2)84)65(97)98)37-100-99-36-50(75-59(91)47(28-40-10-4-3-5-11-40)71-55(89)35-82-26-24-80(33-53(68)87)22-20-79(32-52(67)86)21-23-81(25-27-82)34-54(69)88)62(94)73-48(29-41-15-17-43(85)18-16-41)60(92)74-49(30-42-31-70-45-13-7-6-12-44(42)45)61(93)72-46(58(90)77-56)14-8-9-19-66;/h3-7,10-13,15-18,31,38-39,46-51,56-57,70,83-85H,8-9,14,19-30,32-37,66H2,1-2H3,(H2,67,86)(H2,68,87)(H2,69,88)(H,71,89)(H,72,93)(H,73,94)(H,74,92)(H,75,91)(H,76,96)(H,77,90)(H,78,95)(H,97,98);/q;+2/p-2/t38-,39-,46+,47-,48+,49-,50+,51+,56+,57+;/m1./s1/i;1-4. The number of para-hydroxylation sites is 1.